The van der Waals surface area contributed by atoms with Crippen molar-refractivity contribution in [3.8, 4) is 5.75 Å². The lowest BCUT2D eigenvalue weighted by Gasteiger charge is -2.10. The third-order valence-corrected chi connectivity index (χ3v) is 3.21. The van der Waals surface area contributed by atoms with Crippen molar-refractivity contribution in [2.75, 3.05) is 7.11 Å². The number of ether oxygens (including phenoxy) is 1. The van der Waals surface area contributed by atoms with Crippen molar-refractivity contribution in [1.29, 1.82) is 0 Å². The summed E-state index contributed by atoms with van der Waals surface area (Å²) in [4.78, 5) is 16.7. The molecule has 1 aromatic carbocycles. The molecule has 0 saturated carbocycles. The van der Waals surface area contributed by atoms with Crippen LogP contribution in [-0.2, 0) is 13.0 Å². The van der Waals surface area contributed by atoms with Gasteiger partial charge in [0.25, 0.3) is 0 Å². The summed E-state index contributed by atoms with van der Waals surface area (Å²) in [7, 11) is 1.58. The normalized spacial score (nSPS) is 10.9. The second kappa shape index (κ2) is 6.52. The molecule has 0 radical (unpaired) electrons. The largest absolute Gasteiger partial charge is 0.496 e. The van der Waals surface area contributed by atoms with Crippen molar-refractivity contribution in [2.45, 2.75) is 33.7 Å². The van der Waals surface area contributed by atoms with Gasteiger partial charge in [-0.2, -0.15) is 5.10 Å². The number of nitrogens with zero attached hydrogens (tertiary/aromatic N) is 3. The first-order valence-electron chi connectivity index (χ1n) is 7.05. The molecule has 0 fully saturated rings. The van der Waals surface area contributed by atoms with E-state index in [2.05, 4.69) is 23.9 Å². The number of carbonyl (C=O) groups excluding carboxylic acids is 1. The molecule has 0 unspecified atom stereocenters. The second-order valence-corrected chi connectivity index (χ2v) is 5.56. The molecule has 1 aromatic heterocycles. The van der Waals surface area contributed by atoms with E-state index in [0.29, 0.717) is 23.1 Å². The maximum absolute atomic E-state index is 12.5. The van der Waals surface area contributed by atoms with Crippen molar-refractivity contribution >= 4 is 5.78 Å². The van der Waals surface area contributed by atoms with E-state index in [9.17, 15) is 4.79 Å². The molecule has 2 aromatic rings. The van der Waals surface area contributed by atoms with Gasteiger partial charge in [0, 0.05) is 6.54 Å². The first kappa shape index (κ1) is 15.2. The lowest BCUT2D eigenvalue weighted by Crippen LogP contribution is -2.14. The minimum Gasteiger partial charge on any atom is -0.496 e. The van der Waals surface area contributed by atoms with Crippen LogP contribution in [-0.4, -0.2) is 27.7 Å². The molecule has 0 saturated heterocycles. The molecule has 0 N–H and O–H groups in total. The van der Waals surface area contributed by atoms with E-state index in [1.165, 1.54) is 6.33 Å². The van der Waals surface area contributed by atoms with Crippen LogP contribution in [0.4, 0.5) is 0 Å². The van der Waals surface area contributed by atoms with Crippen molar-refractivity contribution in [2.24, 2.45) is 5.92 Å². The average molecular weight is 287 g/mol. The number of hydrogen-bond acceptors (Lipinski definition) is 4. The fourth-order valence-corrected chi connectivity index (χ4v) is 2.19. The Balaban J connectivity index is 2.21. The predicted octanol–water partition coefficient (Wildman–Crippen LogP) is 2.68. The minimum absolute atomic E-state index is 0.00939. The van der Waals surface area contributed by atoms with Crippen LogP contribution in [0.25, 0.3) is 0 Å². The number of rotatable bonds is 6. The van der Waals surface area contributed by atoms with E-state index in [4.69, 9.17) is 4.74 Å². The number of benzene rings is 1. The van der Waals surface area contributed by atoms with E-state index in [1.807, 2.05) is 19.1 Å². The Morgan fingerprint density at radius 2 is 2.14 bits per heavy atom. The zero-order valence-corrected chi connectivity index (χ0v) is 13.0. The maximum atomic E-state index is 12.5. The molecule has 0 aliphatic carbocycles. The Kier molecular flexibility index (Phi) is 4.73. The van der Waals surface area contributed by atoms with Crippen molar-refractivity contribution in [1.82, 2.24) is 14.8 Å². The Labute approximate surface area is 125 Å². The van der Waals surface area contributed by atoms with Crippen LogP contribution in [0.2, 0.25) is 0 Å². The van der Waals surface area contributed by atoms with Crippen LogP contribution in [0.5, 0.6) is 5.75 Å². The van der Waals surface area contributed by atoms with Crippen LogP contribution in [0.1, 0.15) is 35.6 Å². The van der Waals surface area contributed by atoms with E-state index >= 15 is 0 Å². The SMILES string of the molecule is COc1cc(C)ccc1C(=O)Cc1ncnn1CC(C)C. The summed E-state index contributed by atoms with van der Waals surface area (Å²) in [6.45, 7) is 6.94. The third-order valence-electron chi connectivity index (χ3n) is 3.21. The third kappa shape index (κ3) is 3.68. The van der Waals surface area contributed by atoms with Gasteiger partial charge < -0.3 is 4.74 Å². The lowest BCUT2D eigenvalue weighted by molar-refractivity contribution is 0.0986. The smallest absolute Gasteiger partial charge is 0.174 e. The number of Topliss-reactive ketones (excluding diaryl/α,β-unsaturated/α-hetero) is 1. The van der Waals surface area contributed by atoms with Gasteiger partial charge in [0.05, 0.1) is 19.1 Å². The molecule has 0 bridgehead atoms. The van der Waals surface area contributed by atoms with Gasteiger partial charge in [-0.3, -0.25) is 4.79 Å². The molecule has 21 heavy (non-hydrogen) atoms. The van der Waals surface area contributed by atoms with Crippen molar-refractivity contribution < 1.29 is 9.53 Å². The number of aromatic nitrogens is 3. The Hall–Kier alpha value is -2.17. The van der Waals surface area contributed by atoms with Gasteiger partial charge >= 0.3 is 0 Å². The first-order valence-corrected chi connectivity index (χ1v) is 7.05. The average Bonchev–Trinajstić information content (AvgIpc) is 2.84. The molecular weight excluding hydrogens is 266 g/mol. The maximum Gasteiger partial charge on any atom is 0.174 e. The summed E-state index contributed by atoms with van der Waals surface area (Å²) >= 11 is 0. The summed E-state index contributed by atoms with van der Waals surface area (Å²) in [6, 6.07) is 5.58. The summed E-state index contributed by atoms with van der Waals surface area (Å²) in [5.74, 6) is 1.74. The van der Waals surface area contributed by atoms with Gasteiger partial charge in [-0.25, -0.2) is 9.67 Å². The van der Waals surface area contributed by atoms with E-state index < -0.39 is 0 Å². The summed E-state index contributed by atoms with van der Waals surface area (Å²) < 4.78 is 7.09. The molecule has 0 aliphatic rings. The minimum atomic E-state index is -0.00939. The van der Waals surface area contributed by atoms with Crippen LogP contribution < -0.4 is 4.74 Å². The zero-order chi connectivity index (χ0) is 15.4. The van der Waals surface area contributed by atoms with Crippen molar-refractivity contribution in [3.63, 3.8) is 0 Å². The van der Waals surface area contributed by atoms with Crippen LogP contribution in [0.3, 0.4) is 0 Å². The van der Waals surface area contributed by atoms with Crippen LogP contribution in [0, 0.1) is 12.8 Å². The van der Waals surface area contributed by atoms with E-state index in [0.717, 1.165) is 12.1 Å². The van der Waals surface area contributed by atoms with Gasteiger partial charge in [0.2, 0.25) is 0 Å². The van der Waals surface area contributed by atoms with Gasteiger partial charge in [0.15, 0.2) is 5.78 Å². The topological polar surface area (TPSA) is 57.0 Å². The van der Waals surface area contributed by atoms with Crippen LogP contribution in [0.15, 0.2) is 24.5 Å². The number of hydrogen-bond donors (Lipinski definition) is 0. The summed E-state index contributed by atoms with van der Waals surface area (Å²) in [5, 5.41) is 4.18. The highest BCUT2D eigenvalue weighted by molar-refractivity contribution is 5.99. The predicted molar refractivity (Wildman–Crippen MR) is 80.6 cm³/mol. The molecule has 5 nitrogen and oxygen atoms in total. The standard InChI is InChI=1S/C16H21N3O2/c1-11(2)9-19-16(17-10-18-19)8-14(20)13-6-5-12(3)7-15(13)21-4/h5-7,10-11H,8-9H2,1-4H3. The Morgan fingerprint density at radius 1 is 1.38 bits per heavy atom. The fourth-order valence-electron chi connectivity index (χ4n) is 2.19. The number of carbonyl (C=O) groups is 1. The molecule has 112 valence electrons. The van der Waals surface area contributed by atoms with Crippen molar-refractivity contribution in [3.05, 3.63) is 41.5 Å². The highest BCUT2D eigenvalue weighted by Crippen LogP contribution is 2.21. The van der Waals surface area contributed by atoms with E-state index in [1.54, 1.807) is 17.9 Å². The van der Waals surface area contributed by atoms with E-state index in [-0.39, 0.29) is 12.2 Å². The number of methoxy groups -OCH3 is 1. The Morgan fingerprint density at radius 3 is 2.81 bits per heavy atom. The van der Waals surface area contributed by atoms with Gasteiger partial charge in [-0.05, 0) is 30.5 Å². The highest BCUT2D eigenvalue weighted by atomic mass is 16.5. The molecule has 0 aliphatic heterocycles. The summed E-state index contributed by atoms with van der Waals surface area (Å²) in [5.41, 5.74) is 1.65. The first-order chi connectivity index (χ1) is 10.0. The zero-order valence-electron chi connectivity index (χ0n) is 13.0. The second-order valence-electron chi connectivity index (χ2n) is 5.56. The molecule has 1 heterocycles. The molecule has 0 spiro atoms. The monoisotopic (exact) mass is 287 g/mol. The quantitative estimate of drug-likeness (QED) is 0.766. The molecule has 2 rings (SSSR count). The fraction of sp³-hybridized carbons (Fsp3) is 0.438. The van der Waals surface area contributed by atoms with Gasteiger partial charge in [-0.15, -0.1) is 0 Å². The van der Waals surface area contributed by atoms with Gasteiger partial charge in [0.1, 0.15) is 17.9 Å². The molecular formula is C16H21N3O2. The summed E-state index contributed by atoms with van der Waals surface area (Å²) in [6.07, 6.45) is 1.73. The lowest BCUT2D eigenvalue weighted by atomic mass is 10.0. The number of ketones is 1. The Bertz CT molecular complexity index is 632. The molecule has 0 atom stereocenters. The van der Waals surface area contributed by atoms with Crippen LogP contribution >= 0.6 is 0 Å². The molecule has 5 heteroatoms. The van der Waals surface area contributed by atoms with Gasteiger partial charge in [-0.1, -0.05) is 19.9 Å². The molecule has 0 amide bonds. The number of aryl methyl sites for hydroxylation is 1. The highest BCUT2D eigenvalue weighted by Gasteiger charge is 2.16.